The van der Waals surface area contributed by atoms with E-state index in [0.29, 0.717) is 25.1 Å². The van der Waals surface area contributed by atoms with Crippen molar-refractivity contribution < 1.29 is 14.3 Å². The zero-order chi connectivity index (χ0) is 15.0. The number of para-hydroxylation sites is 1. The van der Waals surface area contributed by atoms with E-state index in [4.69, 9.17) is 4.74 Å². The number of nitrogens with zero attached hydrogens (tertiary/aromatic N) is 1. The van der Waals surface area contributed by atoms with Gasteiger partial charge in [-0.2, -0.15) is 0 Å². The molecule has 1 fully saturated rings. The van der Waals surface area contributed by atoms with Crippen LogP contribution in [0.25, 0.3) is 10.9 Å². The second-order valence-electron chi connectivity index (χ2n) is 5.78. The predicted molar refractivity (Wildman–Crippen MR) is 78.9 cm³/mol. The minimum Gasteiger partial charge on any atom is -0.469 e. The minimum atomic E-state index is -0.603. The molecule has 1 unspecified atom stereocenters. The smallest absolute Gasteiger partial charge is 0.313 e. The molecule has 2 heterocycles. The lowest BCUT2D eigenvalue weighted by atomic mass is 9.90. The number of carbonyl (C=O) groups excluding carboxylic acids is 2. The lowest BCUT2D eigenvalue weighted by Gasteiger charge is -2.22. The predicted octanol–water partition coefficient (Wildman–Crippen LogP) is 2.19. The molecule has 0 saturated carbocycles. The summed E-state index contributed by atoms with van der Waals surface area (Å²) in [5.74, 6) is -0.299. The number of rotatable bonds is 2. The molecule has 1 atom stereocenters. The molecule has 1 aliphatic rings. The molecule has 1 saturated heterocycles. The molecular formula is C16H18N2O3. The third-order valence-electron chi connectivity index (χ3n) is 4.26. The Bertz CT molecular complexity index is 706. The first kappa shape index (κ1) is 13.7. The lowest BCUT2D eigenvalue weighted by molar-refractivity contribution is -0.150. The Labute approximate surface area is 122 Å². The van der Waals surface area contributed by atoms with Crippen LogP contribution in [0.2, 0.25) is 0 Å². The van der Waals surface area contributed by atoms with Gasteiger partial charge < -0.3 is 14.6 Å². The maximum Gasteiger partial charge on any atom is 0.313 e. The summed E-state index contributed by atoms with van der Waals surface area (Å²) in [5.41, 5.74) is 0.884. The Hall–Kier alpha value is -2.30. The first-order valence-electron chi connectivity index (χ1n) is 6.99. The Morgan fingerprint density at radius 3 is 2.90 bits per heavy atom. The number of ether oxygens (including phenoxy) is 1. The molecule has 0 bridgehead atoms. The fraction of sp³-hybridized carbons (Fsp3) is 0.375. The van der Waals surface area contributed by atoms with E-state index < -0.39 is 5.41 Å². The molecule has 5 nitrogen and oxygen atoms in total. The summed E-state index contributed by atoms with van der Waals surface area (Å²) in [4.78, 5) is 29.4. The Balaban J connectivity index is 1.87. The fourth-order valence-electron chi connectivity index (χ4n) is 2.98. The van der Waals surface area contributed by atoms with Crippen molar-refractivity contribution in [1.82, 2.24) is 9.88 Å². The van der Waals surface area contributed by atoms with Gasteiger partial charge >= 0.3 is 5.97 Å². The molecule has 1 aliphatic heterocycles. The van der Waals surface area contributed by atoms with Gasteiger partial charge in [-0.1, -0.05) is 12.1 Å². The highest BCUT2D eigenvalue weighted by Crippen LogP contribution is 2.32. The minimum absolute atomic E-state index is 0.0457. The van der Waals surface area contributed by atoms with Crippen molar-refractivity contribution in [2.24, 2.45) is 5.41 Å². The van der Waals surface area contributed by atoms with Gasteiger partial charge in [0, 0.05) is 24.7 Å². The van der Waals surface area contributed by atoms with Crippen LogP contribution in [0.15, 0.2) is 30.5 Å². The highest BCUT2D eigenvalue weighted by Gasteiger charge is 2.43. The molecular weight excluding hydrogens is 268 g/mol. The molecule has 1 amide bonds. The number of methoxy groups -OCH3 is 1. The van der Waals surface area contributed by atoms with Crippen molar-refractivity contribution in [2.75, 3.05) is 20.2 Å². The largest absolute Gasteiger partial charge is 0.469 e. The van der Waals surface area contributed by atoms with E-state index in [9.17, 15) is 9.59 Å². The number of aromatic amines is 1. The van der Waals surface area contributed by atoms with Crippen molar-refractivity contribution in [1.29, 1.82) is 0 Å². The Morgan fingerprint density at radius 1 is 1.33 bits per heavy atom. The topological polar surface area (TPSA) is 62.4 Å². The third-order valence-corrected chi connectivity index (χ3v) is 4.26. The molecule has 0 aliphatic carbocycles. The third kappa shape index (κ3) is 2.18. The van der Waals surface area contributed by atoms with E-state index in [1.165, 1.54) is 7.11 Å². The summed E-state index contributed by atoms with van der Waals surface area (Å²) in [6.07, 6.45) is 2.45. The Kier molecular flexibility index (Phi) is 3.20. The molecule has 0 spiro atoms. The number of carbonyl (C=O) groups is 2. The molecule has 2 aromatic rings. The normalized spacial score (nSPS) is 21.7. The number of benzene rings is 1. The number of hydrogen-bond donors (Lipinski definition) is 1. The molecule has 1 aromatic carbocycles. The van der Waals surface area contributed by atoms with Crippen molar-refractivity contribution >= 4 is 22.8 Å². The van der Waals surface area contributed by atoms with Crippen LogP contribution in [0, 0.1) is 5.41 Å². The number of aromatic nitrogens is 1. The zero-order valence-electron chi connectivity index (χ0n) is 12.2. The van der Waals surface area contributed by atoms with Crippen molar-refractivity contribution in [3.8, 4) is 0 Å². The zero-order valence-corrected chi connectivity index (χ0v) is 12.2. The van der Waals surface area contributed by atoms with E-state index >= 15 is 0 Å². The van der Waals surface area contributed by atoms with Crippen molar-refractivity contribution in [3.63, 3.8) is 0 Å². The molecule has 5 heteroatoms. The van der Waals surface area contributed by atoms with Crippen LogP contribution in [-0.2, 0) is 9.53 Å². The van der Waals surface area contributed by atoms with Gasteiger partial charge in [0.15, 0.2) is 0 Å². The van der Waals surface area contributed by atoms with Crippen LogP contribution in [0.1, 0.15) is 23.7 Å². The number of amides is 1. The highest BCUT2D eigenvalue weighted by molar-refractivity contribution is 6.06. The van der Waals surface area contributed by atoms with Gasteiger partial charge in [-0.3, -0.25) is 9.59 Å². The van der Waals surface area contributed by atoms with E-state index in [-0.39, 0.29) is 11.9 Å². The number of fused-ring (bicyclic) bond motifs is 1. The second-order valence-corrected chi connectivity index (χ2v) is 5.78. The summed E-state index contributed by atoms with van der Waals surface area (Å²) < 4.78 is 4.85. The summed E-state index contributed by atoms with van der Waals surface area (Å²) in [5, 5.41) is 1.01. The van der Waals surface area contributed by atoms with Crippen LogP contribution < -0.4 is 0 Å². The SMILES string of the molecule is COC(=O)C1(C)CCN(C(=O)c2cccc3cc[nH]c23)C1. The number of nitrogens with one attached hydrogen (secondary N) is 1. The van der Waals surface area contributed by atoms with E-state index in [0.717, 1.165) is 10.9 Å². The first-order valence-corrected chi connectivity index (χ1v) is 6.99. The summed E-state index contributed by atoms with van der Waals surface area (Å²) in [7, 11) is 1.39. The molecule has 0 radical (unpaired) electrons. The summed E-state index contributed by atoms with van der Waals surface area (Å²) >= 11 is 0. The molecule has 110 valence electrons. The average molecular weight is 286 g/mol. The van der Waals surface area contributed by atoms with Crippen LogP contribution in [0.4, 0.5) is 0 Å². The van der Waals surface area contributed by atoms with Gasteiger partial charge in [-0.15, -0.1) is 0 Å². The standard InChI is InChI=1S/C16H18N2O3/c1-16(15(20)21-2)7-9-18(10-16)14(19)12-5-3-4-11-6-8-17-13(11)12/h3-6,8,17H,7,9-10H2,1-2H3. The van der Waals surface area contributed by atoms with Crippen LogP contribution in [0.3, 0.4) is 0 Å². The maximum absolute atomic E-state index is 12.7. The first-order chi connectivity index (χ1) is 10.0. The van der Waals surface area contributed by atoms with Crippen molar-refractivity contribution in [2.45, 2.75) is 13.3 Å². The quantitative estimate of drug-likeness (QED) is 0.861. The fourth-order valence-corrected chi connectivity index (χ4v) is 2.98. The number of H-pyrrole nitrogens is 1. The van der Waals surface area contributed by atoms with Gasteiger partial charge in [0.05, 0.1) is 23.6 Å². The Morgan fingerprint density at radius 2 is 2.14 bits per heavy atom. The van der Waals surface area contributed by atoms with Crippen molar-refractivity contribution in [3.05, 3.63) is 36.0 Å². The monoisotopic (exact) mass is 286 g/mol. The van der Waals surface area contributed by atoms with Gasteiger partial charge in [-0.25, -0.2) is 0 Å². The average Bonchev–Trinajstić information content (AvgIpc) is 3.12. The number of esters is 1. The van der Waals surface area contributed by atoms with E-state index in [2.05, 4.69) is 4.98 Å². The molecule has 3 rings (SSSR count). The van der Waals surface area contributed by atoms with Gasteiger partial charge in [0.2, 0.25) is 0 Å². The van der Waals surface area contributed by atoms with Gasteiger partial charge in [0.25, 0.3) is 5.91 Å². The van der Waals surface area contributed by atoms with Crippen LogP contribution in [0.5, 0.6) is 0 Å². The molecule has 1 aromatic heterocycles. The van der Waals surface area contributed by atoms with Gasteiger partial charge in [-0.05, 0) is 25.5 Å². The van der Waals surface area contributed by atoms with Crippen LogP contribution >= 0.6 is 0 Å². The van der Waals surface area contributed by atoms with Gasteiger partial charge in [0.1, 0.15) is 0 Å². The van der Waals surface area contributed by atoms with Crippen LogP contribution in [-0.4, -0.2) is 42.0 Å². The highest BCUT2D eigenvalue weighted by atomic mass is 16.5. The number of hydrogen-bond acceptors (Lipinski definition) is 3. The van der Waals surface area contributed by atoms with E-state index in [1.54, 1.807) is 4.90 Å². The lowest BCUT2D eigenvalue weighted by Crippen LogP contribution is -2.35. The number of likely N-dealkylation sites (tertiary alicyclic amines) is 1. The summed E-state index contributed by atoms with van der Waals surface area (Å²) in [6.45, 7) is 2.82. The molecule has 1 N–H and O–H groups in total. The second kappa shape index (κ2) is 4.91. The van der Waals surface area contributed by atoms with E-state index in [1.807, 2.05) is 37.4 Å². The summed E-state index contributed by atoms with van der Waals surface area (Å²) in [6, 6.07) is 7.59. The molecule has 21 heavy (non-hydrogen) atoms. The maximum atomic E-state index is 12.7.